The van der Waals surface area contributed by atoms with Gasteiger partial charge in [0.1, 0.15) is 0 Å². The predicted octanol–water partition coefficient (Wildman–Crippen LogP) is -4.39. The van der Waals surface area contributed by atoms with E-state index in [0.29, 0.717) is 26.2 Å². The van der Waals surface area contributed by atoms with E-state index < -0.39 is 0 Å². The molecule has 3 unspecified atom stereocenters. The summed E-state index contributed by atoms with van der Waals surface area (Å²) >= 11 is 0. The second-order valence-electron chi connectivity index (χ2n) is 8.81. The van der Waals surface area contributed by atoms with Crippen LogP contribution in [-0.4, -0.2) is 121 Å². The number of hydrogen-bond donors (Lipinski definition) is 11. The van der Waals surface area contributed by atoms with Crippen LogP contribution in [0.1, 0.15) is 25.7 Å². The third kappa shape index (κ3) is 14.2. The molecule has 12 heteroatoms. The SMILES string of the molecule is CNCCC(N)C(CCCN)(NCCCN)C(N)N1CCNCC1.NCCNCCNCCN. The third-order valence-corrected chi connectivity index (χ3v) is 6.19. The summed E-state index contributed by atoms with van der Waals surface area (Å²) in [4.78, 5) is 2.35. The zero-order chi connectivity index (χ0) is 25.5. The molecule has 0 spiro atoms. The highest BCUT2D eigenvalue weighted by molar-refractivity contribution is 5.05. The van der Waals surface area contributed by atoms with E-state index in [4.69, 9.17) is 34.4 Å². The highest BCUT2D eigenvalue weighted by atomic mass is 15.3. The Hall–Kier alpha value is -0.480. The number of piperazine rings is 1. The van der Waals surface area contributed by atoms with Crippen LogP contribution in [0.5, 0.6) is 0 Å². The van der Waals surface area contributed by atoms with Crippen LogP contribution < -0.4 is 61.0 Å². The molecule has 1 fully saturated rings. The lowest BCUT2D eigenvalue weighted by Crippen LogP contribution is -2.73. The molecule has 0 amide bonds. The lowest BCUT2D eigenvalue weighted by molar-refractivity contribution is 0.0592. The number of hydrogen-bond acceptors (Lipinski definition) is 12. The van der Waals surface area contributed by atoms with Crippen molar-refractivity contribution in [2.75, 3.05) is 98.7 Å². The first-order valence-electron chi connectivity index (χ1n) is 13.1. The molecule has 1 rings (SSSR count). The van der Waals surface area contributed by atoms with Crippen LogP contribution in [0.25, 0.3) is 0 Å². The van der Waals surface area contributed by atoms with Gasteiger partial charge in [-0.1, -0.05) is 0 Å². The topological polar surface area (TPSA) is 220 Å². The van der Waals surface area contributed by atoms with Crippen molar-refractivity contribution in [1.29, 1.82) is 0 Å². The van der Waals surface area contributed by atoms with Gasteiger partial charge in [0, 0.05) is 71.5 Å². The van der Waals surface area contributed by atoms with E-state index in [-0.39, 0.29) is 17.7 Å². The van der Waals surface area contributed by atoms with E-state index in [2.05, 4.69) is 31.5 Å². The fourth-order valence-electron chi connectivity index (χ4n) is 4.17. The zero-order valence-corrected chi connectivity index (χ0v) is 21.8. The smallest absolute Gasteiger partial charge is 0.0775 e. The van der Waals surface area contributed by atoms with Crippen LogP contribution >= 0.6 is 0 Å². The molecule has 12 nitrogen and oxygen atoms in total. The summed E-state index contributed by atoms with van der Waals surface area (Å²) in [5, 5.41) is 16.6. The van der Waals surface area contributed by atoms with Crippen LogP contribution in [0.15, 0.2) is 0 Å². The summed E-state index contributed by atoms with van der Waals surface area (Å²) in [7, 11) is 1.95. The summed E-state index contributed by atoms with van der Waals surface area (Å²) in [6.45, 7) is 12.0. The van der Waals surface area contributed by atoms with Gasteiger partial charge < -0.3 is 61.0 Å². The summed E-state index contributed by atoms with van der Waals surface area (Å²) in [5.74, 6) is 0. The lowest BCUT2D eigenvalue weighted by atomic mass is 9.80. The summed E-state index contributed by atoms with van der Waals surface area (Å²) in [5.41, 5.74) is 35.1. The van der Waals surface area contributed by atoms with E-state index in [1.807, 2.05) is 7.05 Å². The zero-order valence-electron chi connectivity index (χ0n) is 21.8. The summed E-state index contributed by atoms with van der Waals surface area (Å²) in [6, 6.07) is -0.0424. The van der Waals surface area contributed by atoms with Crippen molar-refractivity contribution in [2.45, 2.75) is 43.4 Å². The molecule has 3 atom stereocenters. The maximum absolute atomic E-state index is 6.79. The highest BCUT2D eigenvalue weighted by Crippen LogP contribution is 2.25. The van der Waals surface area contributed by atoms with E-state index >= 15 is 0 Å². The average molecular weight is 491 g/mol. The van der Waals surface area contributed by atoms with Crippen LogP contribution in [0.3, 0.4) is 0 Å². The van der Waals surface area contributed by atoms with Gasteiger partial charge in [-0.3, -0.25) is 4.90 Å². The Labute approximate surface area is 208 Å². The predicted molar refractivity (Wildman–Crippen MR) is 145 cm³/mol. The van der Waals surface area contributed by atoms with Gasteiger partial charge in [-0.15, -0.1) is 0 Å². The number of nitrogens with zero attached hydrogens (tertiary/aromatic N) is 1. The minimum atomic E-state index is -0.345. The van der Waals surface area contributed by atoms with Gasteiger partial charge in [-0.05, 0) is 58.9 Å². The van der Waals surface area contributed by atoms with Gasteiger partial charge in [0.15, 0.2) is 0 Å². The van der Waals surface area contributed by atoms with Crippen molar-refractivity contribution in [3.8, 4) is 0 Å². The Morgan fingerprint density at radius 1 is 0.794 bits per heavy atom. The first-order valence-corrected chi connectivity index (χ1v) is 13.1. The number of rotatable bonds is 20. The molecule has 1 heterocycles. The van der Waals surface area contributed by atoms with E-state index in [0.717, 1.165) is 91.1 Å². The van der Waals surface area contributed by atoms with Crippen molar-refractivity contribution in [2.24, 2.45) is 34.4 Å². The molecule has 0 radical (unpaired) electrons. The Bertz CT molecular complexity index is 417. The van der Waals surface area contributed by atoms with Crippen molar-refractivity contribution >= 4 is 0 Å². The largest absolute Gasteiger partial charge is 0.330 e. The monoisotopic (exact) mass is 490 g/mol. The molecule has 17 N–H and O–H groups in total. The standard InChI is InChI=1S/C16H40N8.C6H18N4/c1-21-9-4-14(19)16(5-2-6-17,23-8-3-7-18)15(20)24-12-10-22-11-13-24;7-1-3-9-5-6-10-4-2-8/h14-15,21-23H,2-13,17-20H2,1H3;9-10H,1-8H2. The van der Waals surface area contributed by atoms with Crippen molar-refractivity contribution in [1.82, 2.24) is 31.5 Å². The number of nitrogens with one attached hydrogen (secondary N) is 5. The van der Waals surface area contributed by atoms with E-state index in [9.17, 15) is 0 Å². The fraction of sp³-hybridized carbons (Fsp3) is 1.00. The van der Waals surface area contributed by atoms with Crippen molar-refractivity contribution in [3.05, 3.63) is 0 Å². The molecule has 1 aliphatic heterocycles. The van der Waals surface area contributed by atoms with Gasteiger partial charge in [0.05, 0.1) is 11.7 Å². The second kappa shape index (κ2) is 23.0. The van der Waals surface area contributed by atoms with Gasteiger partial charge in [-0.2, -0.15) is 0 Å². The van der Waals surface area contributed by atoms with Crippen molar-refractivity contribution < 1.29 is 0 Å². The highest BCUT2D eigenvalue weighted by Gasteiger charge is 2.43. The maximum Gasteiger partial charge on any atom is 0.0775 e. The normalized spacial score (nSPS) is 18.1. The molecule has 1 aliphatic rings. The molecule has 0 bridgehead atoms. The Kier molecular flexibility index (Phi) is 22.6. The first kappa shape index (κ1) is 33.5. The third-order valence-electron chi connectivity index (χ3n) is 6.19. The molecule has 1 saturated heterocycles. The van der Waals surface area contributed by atoms with Gasteiger partial charge in [0.25, 0.3) is 0 Å². The number of nitrogens with two attached hydrogens (primary N) is 6. The van der Waals surface area contributed by atoms with Gasteiger partial charge >= 0.3 is 0 Å². The molecule has 34 heavy (non-hydrogen) atoms. The Morgan fingerprint density at radius 3 is 1.88 bits per heavy atom. The Balaban J connectivity index is 0.000000916. The van der Waals surface area contributed by atoms with Crippen LogP contribution in [-0.2, 0) is 0 Å². The van der Waals surface area contributed by atoms with E-state index in [1.165, 1.54) is 0 Å². The molecule has 0 saturated carbocycles. The van der Waals surface area contributed by atoms with E-state index in [1.54, 1.807) is 0 Å². The van der Waals surface area contributed by atoms with Crippen molar-refractivity contribution in [3.63, 3.8) is 0 Å². The molecule has 0 aromatic heterocycles. The Morgan fingerprint density at radius 2 is 1.38 bits per heavy atom. The molecular weight excluding hydrogens is 432 g/mol. The molecule has 0 aromatic carbocycles. The molecular formula is C22H58N12. The quantitative estimate of drug-likeness (QED) is 0.0729. The van der Waals surface area contributed by atoms with Crippen LogP contribution in [0, 0.1) is 0 Å². The van der Waals surface area contributed by atoms with Crippen LogP contribution in [0.4, 0.5) is 0 Å². The summed E-state index contributed by atoms with van der Waals surface area (Å²) in [6.07, 6.45) is 3.44. The second-order valence-corrected chi connectivity index (χ2v) is 8.81. The van der Waals surface area contributed by atoms with Crippen LogP contribution in [0.2, 0.25) is 0 Å². The first-order chi connectivity index (χ1) is 16.5. The summed E-state index contributed by atoms with van der Waals surface area (Å²) < 4.78 is 0. The minimum absolute atomic E-state index is 0.0424. The molecule has 206 valence electrons. The molecule has 0 aromatic rings. The maximum atomic E-state index is 6.79. The fourth-order valence-corrected chi connectivity index (χ4v) is 4.17. The average Bonchev–Trinajstić information content (AvgIpc) is 2.87. The van der Waals surface area contributed by atoms with Gasteiger partial charge in [-0.25, -0.2) is 0 Å². The molecule has 0 aliphatic carbocycles. The minimum Gasteiger partial charge on any atom is -0.330 e. The lowest BCUT2D eigenvalue weighted by Gasteiger charge is -2.49. The van der Waals surface area contributed by atoms with Gasteiger partial charge in [0.2, 0.25) is 0 Å².